The lowest BCUT2D eigenvalue weighted by molar-refractivity contribution is -0.0806. The van der Waals surface area contributed by atoms with E-state index in [1.54, 1.807) is 11.3 Å². The number of amides is 2. The molecule has 1 aliphatic rings. The topological polar surface area (TPSA) is 66.6 Å². The molecular weight excluding hydrogens is 200 g/mol. The third-order valence-electron chi connectivity index (χ3n) is 2.54. The van der Waals surface area contributed by atoms with Crippen LogP contribution in [-0.4, -0.2) is 16.3 Å². The average molecular weight is 212 g/mol. The maximum atomic E-state index is 10.8. The zero-order chi connectivity index (χ0) is 10.1. The van der Waals surface area contributed by atoms with Crippen LogP contribution in [0.2, 0.25) is 0 Å². The van der Waals surface area contributed by atoms with Gasteiger partial charge < -0.3 is 5.73 Å². The lowest BCUT2D eigenvalue weighted by atomic mass is 9.94. The van der Waals surface area contributed by atoms with Crippen LogP contribution < -0.4 is 5.73 Å². The minimum atomic E-state index is -0.783. The van der Waals surface area contributed by atoms with Gasteiger partial charge in [-0.15, -0.1) is 11.3 Å². The number of hydrogen-bond donors (Lipinski definition) is 2. The number of urea groups is 1. The Morgan fingerprint density at radius 3 is 3.21 bits per heavy atom. The molecule has 0 aromatic carbocycles. The van der Waals surface area contributed by atoms with Crippen molar-refractivity contribution in [3.63, 3.8) is 0 Å². The molecule has 1 aromatic heterocycles. The molecule has 2 amide bonds. The van der Waals surface area contributed by atoms with E-state index < -0.39 is 6.03 Å². The molecule has 1 atom stereocenters. The van der Waals surface area contributed by atoms with Gasteiger partial charge in [0.1, 0.15) is 0 Å². The fourth-order valence-corrected chi connectivity index (χ4v) is 2.85. The molecule has 0 spiro atoms. The Morgan fingerprint density at radius 1 is 1.71 bits per heavy atom. The summed E-state index contributed by atoms with van der Waals surface area (Å²) in [6.07, 6.45) is 2.81. The van der Waals surface area contributed by atoms with Crippen LogP contribution in [0, 0.1) is 0 Å². The fourth-order valence-electron chi connectivity index (χ4n) is 1.87. The molecular formula is C9H12N2O2S. The van der Waals surface area contributed by atoms with Gasteiger partial charge in [0, 0.05) is 4.88 Å². The Balaban J connectivity index is 2.28. The highest BCUT2D eigenvalue weighted by Gasteiger charge is 2.27. The van der Waals surface area contributed by atoms with Crippen molar-refractivity contribution < 1.29 is 10.0 Å². The molecule has 1 aromatic rings. The zero-order valence-corrected chi connectivity index (χ0v) is 8.46. The summed E-state index contributed by atoms with van der Waals surface area (Å²) < 4.78 is 0. The maximum Gasteiger partial charge on any atom is 0.339 e. The minimum Gasteiger partial charge on any atom is -0.350 e. The summed E-state index contributed by atoms with van der Waals surface area (Å²) in [6, 6.07) is 0.923. The Bertz CT molecular complexity index is 350. The number of carbonyl (C=O) groups is 1. The first-order valence-electron chi connectivity index (χ1n) is 4.54. The Hall–Kier alpha value is -1.07. The lowest BCUT2D eigenvalue weighted by Gasteiger charge is -2.28. The van der Waals surface area contributed by atoms with E-state index in [1.807, 2.05) is 11.4 Å². The van der Waals surface area contributed by atoms with Crippen LogP contribution in [0.3, 0.4) is 0 Å². The summed E-state index contributed by atoms with van der Waals surface area (Å²) in [4.78, 5) is 12.1. The molecule has 0 aliphatic heterocycles. The standard InChI is InChI=1S/C9H12N2O2S/c10-9(12)11(13)7-2-1-3-8-6(7)4-5-14-8/h4-5,7,13H,1-3H2,(H2,10,12). The smallest absolute Gasteiger partial charge is 0.339 e. The van der Waals surface area contributed by atoms with E-state index in [2.05, 4.69) is 0 Å². The first kappa shape index (κ1) is 9.48. The molecule has 1 heterocycles. The summed E-state index contributed by atoms with van der Waals surface area (Å²) >= 11 is 1.67. The first-order valence-corrected chi connectivity index (χ1v) is 5.42. The van der Waals surface area contributed by atoms with Crippen molar-refractivity contribution in [3.05, 3.63) is 21.9 Å². The van der Waals surface area contributed by atoms with E-state index in [0.717, 1.165) is 24.8 Å². The van der Waals surface area contributed by atoms with Crippen molar-refractivity contribution in [3.8, 4) is 0 Å². The highest BCUT2D eigenvalue weighted by atomic mass is 32.1. The second kappa shape index (κ2) is 3.59. The van der Waals surface area contributed by atoms with Crippen LogP contribution in [0.25, 0.3) is 0 Å². The van der Waals surface area contributed by atoms with Crippen LogP contribution >= 0.6 is 11.3 Å². The molecule has 14 heavy (non-hydrogen) atoms. The molecule has 0 saturated carbocycles. The summed E-state index contributed by atoms with van der Waals surface area (Å²) in [5.41, 5.74) is 6.08. The number of hydrogen-bond acceptors (Lipinski definition) is 3. The molecule has 4 nitrogen and oxygen atoms in total. The van der Waals surface area contributed by atoms with E-state index in [-0.39, 0.29) is 6.04 Å². The molecule has 1 aliphatic carbocycles. The number of aryl methyl sites for hydroxylation is 1. The normalized spacial score (nSPS) is 20.2. The van der Waals surface area contributed by atoms with Gasteiger partial charge in [-0.05, 0) is 36.3 Å². The SMILES string of the molecule is NC(=O)N(O)C1CCCc2sccc21. The Kier molecular flexibility index (Phi) is 2.43. The van der Waals surface area contributed by atoms with Gasteiger partial charge in [-0.1, -0.05) is 0 Å². The number of carbonyl (C=O) groups excluding carboxylic acids is 1. The van der Waals surface area contributed by atoms with E-state index in [4.69, 9.17) is 5.73 Å². The van der Waals surface area contributed by atoms with Crippen molar-refractivity contribution in [2.24, 2.45) is 5.73 Å². The minimum absolute atomic E-state index is 0.248. The van der Waals surface area contributed by atoms with Crippen LogP contribution in [0.5, 0.6) is 0 Å². The van der Waals surface area contributed by atoms with Crippen molar-refractivity contribution in [2.45, 2.75) is 25.3 Å². The number of hydroxylamine groups is 2. The second-order valence-corrected chi connectivity index (χ2v) is 4.39. The fraction of sp³-hybridized carbons (Fsp3) is 0.444. The maximum absolute atomic E-state index is 10.8. The highest BCUT2D eigenvalue weighted by Crippen LogP contribution is 2.36. The van der Waals surface area contributed by atoms with Crippen LogP contribution in [-0.2, 0) is 6.42 Å². The van der Waals surface area contributed by atoms with Crippen molar-refractivity contribution >= 4 is 17.4 Å². The number of rotatable bonds is 1. The lowest BCUT2D eigenvalue weighted by Crippen LogP contribution is -2.37. The summed E-state index contributed by atoms with van der Waals surface area (Å²) in [7, 11) is 0. The molecule has 1 unspecified atom stereocenters. The van der Waals surface area contributed by atoms with Gasteiger partial charge in [-0.3, -0.25) is 5.21 Å². The Labute approximate surface area is 85.9 Å². The molecule has 0 saturated heterocycles. The molecule has 5 heteroatoms. The quantitative estimate of drug-likeness (QED) is 0.551. The van der Waals surface area contributed by atoms with E-state index in [9.17, 15) is 10.0 Å². The average Bonchev–Trinajstić information content (AvgIpc) is 2.63. The molecule has 0 bridgehead atoms. The predicted molar refractivity (Wildman–Crippen MR) is 53.2 cm³/mol. The van der Waals surface area contributed by atoms with Crippen LogP contribution in [0.15, 0.2) is 11.4 Å². The highest BCUT2D eigenvalue weighted by molar-refractivity contribution is 7.10. The molecule has 0 fully saturated rings. The van der Waals surface area contributed by atoms with Crippen molar-refractivity contribution in [1.29, 1.82) is 0 Å². The van der Waals surface area contributed by atoms with Gasteiger partial charge in [0.05, 0.1) is 6.04 Å². The van der Waals surface area contributed by atoms with Gasteiger partial charge in [0.15, 0.2) is 0 Å². The predicted octanol–water partition coefficient (Wildman–Crippen LogP) is 1.90. The van der Waals surface area contributed by atoms with Gasteiger partial charge in [0.25, 0.3) is 0 Å². The number of nitrogens with zero attached hydrogens (tertiary/aromatic N) is 1. The molecule has 3 N–H and O–H groups in total. The van der Waals surface area contributed by atoms with Gasteiger partial charge >= 0.3 is 6.03 Å². The number of thiophene rings is 1. The summed E-state index contributed by atoms with van der Waals surface area (Å²) in [5, 5.41) is 12.1. The summed E-state index contributed by atoms with van der Waals surface area (Å²) in [5.74, 6) is 0. The molecule has 2 rings (SSSR count). The van der Waals surface area contributed by atoms with E-state index >= 15 is 0 Å². The van der Waals surface area contributed by atoms with Crippen molar-refractivity contribution in [2.75, 3.05) is 0 Å². The molecule has 76 valence electrons. The van der Waals surface area contributed by atoms with Gasteiger partial charge in [0.2, 0.25) is 0 Å². The first-order chi connectivity index (χ1) is 6.70. The monoisotopic (exact) mass is 212 g/mol. The van der Waals surface area contributed by atoms with E-state index in [1.165, 1.54) is 4.88 Å². The number of nitrogens with two attached hydrogens (primary N) is 1. The number of fused-ring (bicyclic) bond motifs is 1. The second-order valence-electron chi connectivity index (χ2n) is 3.39. The third-order valence-corrected chi connectivity index (χ3v) is 3.54. The third kappa shape index (κ3) is 1.49. The largest absolute Gasteiger partial charge is 0.350 e. The van der Waals surface area contributed by atoms with Gasteiger partial charge in [-0.25, -0.2) is 4.79 Å². The zero-order valence-electron chi connectivity index (χ0n) is 7.64. The summed E-state index contributed by atoms with van der Waals surface area (Å²) in [6.45, 7) is 0. The number of primary amides is 1. The van der Waals surface area contributed by atoms with Crippen molar-refractivity contribution in [1.82, 2.24) is 5.06 Å². The van der Waals surface area contributed by atoms with Gasteiger partial charge in [-0.2, -0.15) is 5.06 Å². The Morgan fingerprint density at radius 2 is 2.50 bits per heavy atom. The molecule has 0 radical (unpaired) electrons. The van der Waals surface area contributed by atoms with Crippen LogP contribution in [0.4, 0.5) is 4.79 Å². The van der Waals surface area contributed by atoms with Crippen LogP contribution in [0.1, 0.15) is 29.3 Å². The van der Waals surface area contributed by atoms with E-state index in [0.29, 0.717) is 5.06 Å².